The Morgan fingerprint density at radius 1 is 1.19 bits per heavy atom. The van der Waals surface area contributed by atoms with Gasteiger partial charge in [0.25, 0.3) is 0 Å². The van der Waals surface area contributed by atoms with Gasteiger partial charge in [-0.15, -0.1) is 0 Å². The molecule has 1 aliphatic carbocycles. The van der Waals surface area contributed by atoms with Gasteiger partial charge in [0.15, 0.2) is 12.2 Å². The highest BCUT2D eigenvalue weighted by atomic mass is 16.3. The monoisotopic (exact) mass is 284 g/mol. The normalized spacial score (nSPS) is 22.4. The topological polar surface area (TPSA) is 38.1 Å². The third-order valence-electron chi connectivity index (χ3n) is 4.63. The molecule has 1 saturated carbocycles. The van der Waals surface area contributed by atoms with E-state index < -0.39 is 0 Å². The number of anilines is 1. The van der Waals surface area contributed by atoms with E-state index in [0.29, 0.717) is 6.04 Å². The van der Waals surface area contributed by atoms with Crippen molar-refractivity contribution in [2.75, 3.05) is 5.32 Å². The maximum atomic E-state index is 5.32. The van der Waals surface area contributed by atoms with Crippen LogP contribution in [0.1, 0.15) is 39.5 Å². The third kappa shape index (κ3) is 3.46. The summed E-state index contributed by atoms with van der Waals surface area (Å²) in [6.07, 6.45) is 8.53. The number of aromatic nitrogens is 1. The fourth-order valence-electron chi connectivity index (χ4n) is 3.29. The molecule has 3 nitrogen and oxygen atoms in total. The molecule has 2 atom stereocenters. The van der Waals surface area contributed by atoms with Crippen LogP contribution in [0.5, 0.6) is 0 Å². The molecule has 0 aliphatic heterocycles. The van der Waals surface area contributed by atoms with Crippen LogP contribution in [0, 0.1) is 11.8 Å². The maximum Gasteiger partial charge on any atom is 0.181 e. The van der Waals surface area contributed by atoms with Crippen LogP contribution < -0.4 is 5.32 Å². The quantitative estimate of drug-likeness (QED) is 0.861. The molecule has 0 bridgehead atoms. The maximum absolute atomic E-state index is 5.32. The first-order valence-corrected chi connectivity index (χ1v) is 7.98. The van der Waals surface area contributed by atoms with Gasteiger partial charge in [-0.25, -0.2) is 4.98 Å². The van der Waals surface area contributed by atoms with Crippen molar-refractivity contribution in [1.82, 2.24) is 4.98 Å². The minimum Gasteiger partial charge on any atom is -0.444 e. The molecule has 1 aromatic carbocycles. The van der Waals surface area contributed by atoms with Gasteiger partial charge in [0.05, 0.1) is 6.20 Å². The van der Waals surface area contributed by atoms with E-state index in [1.165, 1.54) is 37.8 Å². The van der Waals surface area contributed by atoms with Crippen LogP contribution in [0.25, 0.3) is 11.3 Å². The average Bonchev–Trinajstić information content (AvgIpc) is 3.02. The number of rotatable bonds is 4. The fourth-order valence-corrected chi connectivity index (χ4v) is 3.29. The number of hydrogen-bond acceptors (Lipinski definition) is 3. The van der Waals surface area contributed by atoms with Crippen LogP contribution in [0.4, 0.5) is 5.69 Å². The van der Waals surface area contributed by atoms with E-state index in [1.807, 2.05) is 0 Å². The van der Waals surface area contributed by atoms with Gasteiger partial charge >= 0.3 is 0 Å². The zero-order valence-corrected chi connectivity index (χ0v) is 12.9. The minimum atomic E-state index is 0.613. The number of hydrogen-bond donors (Lipinski definition) is 1. The molecule has 0 amide bonds. The average molecular weight is 284 g/mol. The molecule has 3 rings (SSSR count). The van der Waals surface area contributed by atoms with Crippen molar-refractivity contribution < 1.29 is 4.42 Å². The van der Waals surface area contributed by atoms with E-state index in [0.717, 1.165) is 23.2 Å². The Morgan fingerprint density at radius 3 is 2.67 bits per heavy atom. The Kier molecular flexibility index (Phi) is 4.28. The molecule has 2 unspecified atom stereocenters. The molecule has 1 aromatic heterocycles. The second-order valence-corrected chi connectivity index (χ2v) is 6.45. The number of oxazole rings is 1. The lowest BCUT2D eigenvalue weighted by Gasteiger charge is -2.32. The van der Waals surface area contributed by atoms with Crippen molar-refractivity contribution in [3.63, 3.8) is 0 Å². The molecule has 1 aliphatic rings. The lowest BCUT2D eigenvalue weighted by molar-refractivity contribution is 0.264. The third-order valence-corrected chi connectivity index (χ3v) is 4.63. The molecule has 1 N–H and O–H groups in total. The summed E-state index contributed by atoms with van der Waals surface area (Å²) in [5, 5.41) is 3.69. The second-order valence-electron chi connectivity index (χ2n) is 6.45. The highest BCUT2D eigenvalue weighted by Gasteiger charge is 2.23. The number of nitrogens with zero attached hydrogens (tertiary/aromatic N) is 1. The van der Waals surface area contributed by atoms with Crippen LogP contribution in [0.3, 0.4) is 0 Å². The molecule has 112 valence electrons. The van der Waals surface area contributed by atoms with Gasteiger partial charge in [0.1, 0.15) is 0 Å². The SMILES string of the molecule is CC(C)C1CCCC(Nc2ccc(-c3cnco3)cc2)C1. The smallest absolute Gasteiger partial charge is 0.181 e. The summed E-state index contributed by atoms with van der Waals surface area (Å²) in [5.74, 6) is 2.48. The number of nitrogens with one attached hydrogen (secondary N) is 1. The molecule has 1 fully saturated rings. The van der Waals surface area contributed by atoms with Crippen molar-refractivity contribution in [2.45, 2.75) is 45.6 Å². The van der Waals surface area contributed by atoms with Crippen LogP contribution >= 0.6 is 0 Å². The summed E-state index contributed by atoms with van der Waals surface area (Å²) in [4.78, 5) is 3.96. The highest BCUT2D eigenvalue weighted by molar-refractivity contribution is 5.60. The van der Waals surface area contributed by atoms with E-state index in [1.54, 1.807) is 6.20 Å². The number of benzene rings is 1. The molecule has 1 heterocycles. The fraction of sp³-hybridized carbons (Fsp3) is 0.500. The molecular formula is C18H24N2O. The summed E-state index contributed by atoms with van der Waals surface area (Å²) in [6.45, 7) is 4.69. The van der Waals surface area contributed by atoms with Crippen molar-refractivity contribution in [2.24, 2.45) is 11.8 Å². The first kappa shape index (κ1) is 14.2. The zero-order chi connectivity index (χ0) is 14.7. The van der Waals surface area contributed by atoms with E-state index in [9.17, 15) is 0 Å². The Labute approximate surface area is 126 Å². The van der Waals surface area contributed by atoms with Crippen LogP contribution in [0.2, 0.25) is 0 Å². The van der Waals surface area contributed by atoms with Crippen molar-refractivity contribution in [3.05, 3.63) is 36.9 Å². The van der Waals surface area contributed by atoms with Crippen molar-refractivity contribution in [3.8, 4) is 11.3 Å². The Morgan fingerprint density at radius 2 is 2.00 bits per heavy atom. The van der Waals surface area contributed by atoms with E-state index in [2.05, 4.69) is 48.4 Å². The predicted octanol–water partition coefficient (Wildman–Crippen LogP) is 4.97. The van der Waals surface area contributed by atoms with E-state index in [4.69, 9.17) is 4.42 Å². The van der Waals surface area contributed by atoms with Crippen molar-refractivity contribution in [1.29, 1.82) is 0 Å². The molecule has 21 heavy (non-hydrogen) atoms. The molecular weight excluding hydrogens is 260 g/mol. The largest absolute Gasteiger partial charge is 0.444 e. The molecule has 3 heteroatoms. The van der Waals surface area contributed by atoms with Gasteiger partial charge in [0, 0.05) is 17.3 Å². The summed E-state index contributed by atoms with van der Waals surface area (Å²) in [7, 11) is 0. The first-order chi connectivity index (χ1) is 10.2. The molecule has 0 spiro atoms. The summed E-state index contributed by atoms with van der Waals surface area (Å²) < 4.78 is 5.32. The molecule has 0 radical (unpaired) electrons. The van der Waals surface area contributed by atoms with Gasteiger partial charge in [-0.05, 0) is 48.9 Å². The van der Waals surface area contributed by atoms with Gasteiger partial charge in [-0.3, -0.25) is 0 Å². The minimum absolute atomic E-state index is 0.613. The standard InChI is InChI=1S/C18H24N2O/c1-13(2)15-4-3-5-17(10-15)20-16-8-6-14(7-9-16)18-11-19-12-21-18/h6-9,11-13,15,17,20H,3-5,10H2,1-2H3. The molecule has 0 saturated heterocycles. The molecule has 2 aromatic rings. The lowest BCUT2D eigenvalue weighted by Crippen LogP contribution is -2.29. The van der Waals surface area contributed by atoms with Gasteiger partial charge in [0.2, 0.25) is 0 Å². The van der Waals surface area contributed by atoms with Crippen LogP contribution in [-0.2, 0) is 0 Å². The highest BCUT2D eigenvalue weighted by Crippen LogP contribution is 2.31. The second kappa shape index (κ2) is 6.33. The lowest BCUT2D eigenvalue weighted by atomic mass is 9.79. The summed E-state index contributed by atoms with van der Waals surface area (Å²) >= 11 is 0. The Bertz CT molecular complexity index is 545. The van der Waals surface area contributed by atoms with Crippen LogP contribution in [0.15, 0.2) is 41.3 Å². The van der Waals surface area contributed by atoms with Crippen molar-refractivity contribution >= 4 is 5.69 Å². The Balaban J connectivity index is 1.62. The summed E-state index contributed by atoms with van der Waals surface area (Å²) in [5.41, 5.74) is 2.27. The predicted molar refractivity (Wildman–Crippen MR) is 86.1 cm³/mol. The van der Waals surface area contributed by atoms with Gasteiger partial charge < -0.3 is 9.73 Å². The Hall–Kier alpha value is -1.77. The van der Waals surface area contributed by atoms with Gasteiger partial charge in [-0.1, -0.05) is 26.7 Å². The van der Waals surface area contributed by atoms with E-state index >= 15 is 0 Å². The first-order valence-electron chi connectivity index (χ1n) is 7.98. The zero-order valence-electron chi connectivity index (χ0n) is 12.9. The van der Waals surface area contributed by atoms with E-state index in [-0.39, 0.29) is 0 Å². The van der Waals surface area contributed by atoms with Gasteiger partial charge in [-0.2, -0.15) is 0 Å². The summed E-state index contributed by atoms with van der Waals surface area (Å²) in [6, 6.07) is 9.06. The van der Waals surface area contributed by atoms with Crippen LogP contribution in [-0.4, -0.2) is 11.0 Å².